The molecular formula is C18H20N4O. The number of carbonyl (C=O) groups is 1. The van der Waals surface area contributed by atoms with Gasteiger partial charge in [0.05, 0.1) is 12.6 Å². The molecule has 0 aliphatic carbocycles. The Hall–Kier alpha value is -2.56. The van der Waals surface area contributed by atoms with Gasteiger partial charge >= 0.3 is 0 Å². The van der Waals surface area contributed by atoms with Crippen LogP contribution in [-0.4, -0.2) is 37.7 Å². The number of fused-ring (bicyclic) bond motifs is 1. The van der Waals surface area contributed by atoms with E-state index in [4.69, 9.17) is 0 Å². The molecule has 1 fully saturated rings. The lowest BCUT2D eigenvalue weighted by atomic mass is 10.2. The standard InChI is InChI=1S/C18H20N4O/c1-20-16-8-3-2-6-14(16)12-17(20)18(23)22-11-4-7-15(22)13-21-10-5-9-19-21/h2-3,5-6,8-10,12,15H,4,7,11,13H2,1H3/t15-/m1/s1. The number of hydrogen-bond donors (Lipinski definition) is 0. The third-order valence-electron chi connectivity index (χ3n) is 4.77. The lowest BCUT2D eigenvalue weighted by Gasteiger charge is -2.25. The summed E-state index contributed by atoms with van der Waals surface area (Å²) >= 11 is 0. The van der Waals surface area contributed by atoms with Gasteiger partial charge in [-0.3, -0.25) is 9.48 Å². The quantitative estimate of drug-likeness (QED) is 0.746. The van der Waals surface area contributed by atoms with E-state index in [0.717, 1.165) is 42.5 Å². The molecule has 5 nitrogen and oxygen atoms in total. The molecule has 0 radical (unpaired) electrons. The van der Waals surface area contributed by atoms with Crippen molar-refractivity contribution < 1.29 is 4.79 Å². The Labute approximate surface area is 135 Å². The number of nitrogens with zero attached hydrogens (tertiary/aromatic N) is 4. The number of benzene rings is 1. The van der Waals surface area contributed by atoms with E-state index < -0.39 is 0 Å². The second kappa shape index (κ2) is 5.57. The summed E-state index contributed by atoms with van der Waals surface area (Å²) in [6.07, 6.45) is 5.83. The molecule has 3 heterocycles. The molecule has 1 aliphatic heterocycles. The van der Waals surface area contributed by atoms with Crippen molar-refractivity contribution in [2.24, 2.45) is 7.05 Å². The van der Waals surface area contributed by atoms with Crippen molar-refractivity contribution in [1.29, 1.82) is 0 Å². The van der Waals surface area contributed by atoms with Crippen LogP contribution in [0.1, 0.15) is 23.3 Å². The molecule has 3 aromatic rings. The molecular weight excluding hydrogens is 288 g/mol. The molecule has 23 heavy (non-hydrogen) atoms. The van der Waals surface area contributed by atoms with Crippen LogP contribution in [-0.2, 0) is 13.6 Å². The second-order valence-corrected chi connectivity index (χ2v) is 6.17. The molecule has 1 atom stereocenters. The molecule has 0 unspecified atom stereocenters. The average Bonchev–Trinajstić information content (AvgIpc) is 3.29. The predicted molar refractivity (Wildman–Crippen MR) is 89.2 cm³/mol. The van der Waals surface area contributed by atoms with Crippen LogP contribution in [0.3, 0.4) is 0 Å². The SMILES string of the molecule is Cn1c(C(=O)N2CCC[C@@H]2Cn2cccn2)cc2ccccc21. The zero-order chi connectivity index (χ0) is 15.8. The molecule has 1 saturated heterocycles. The fourth-order valence-corrected chi connectivity index (χ4v) is 3.56. The summed E-state index contributed by atoms with van der Waals surface area (Å²) in [6, 6.07) is 12.3. The van der Waals surface area contributed by atoms with Gasteiger partial charge in [-0.05, 0) is 31.0 Å². The van der Waals surface area contributed by atoms with Crippen molar-refractivity contribution >= 4 is 16.8 Å². The molecule has 0 bridgehead atoms. The van der Waals surface area contributed by atoms with Crippen molar-refractivity contribution in [3.05, 3.63) is 54.5 Å². The molecule has 2 aromatic heterocycles. The normalized spacial score (nSPS) is 18.0. The van der Waals surface area contributed by atoms with Gasteiger partial charge in [-0.25, -0.2) is 0 Å². The molecule has 118 valence electrons. The van der Waals surface area contributed by atoms with Crippen molar-refractivity contribution in [3.63, 3.8) is 0 Å². The van der Waals surface area contributed by atoms with Crippen LogP contribution in [0.25, 0.3) is 10.9 Å². The number of carbonyl (C=O) groups excluding carboxylic acids is 1. The molecule has 0 saturated carbocycles. The van der Waals surface area contributed by atoms with Crippen LogP contribution in [0.5, 0.6) is 0 Å². The summed E-state index contributed by atoms with van der Waals surface area (Å²) in [7, 11) is 1.97. The highest BCUT2D eigenvalue weighted by atomic mass is 16.2. The number of aromatic nitrogens is 3. The minimum Gasteiger partial charge on any atom is -0.340 e. The summed E-state index contributed by atoms with van der Waals surface area (Å²) in [6.45, 7) is 1.59. The van der Waals surface area contributed by atoms with Gasteiger partial charge in [-0.1, -0.05) is 18.2 Å². The van der Waals surface area contributed by atoms with Gasteiger partial charge in [0.1, 0.15) is 5.69 Å². The van der Waals surface area contributed by atoms with Crippen LogP contribution in [0.15, 0.2) is 48.8 Å². The number of rotatable bonds is 3. The maximum atomic E-state index is 13.1. The van der Waals surface area contributed by atoms with Gasteiger partial charge in [-0.2, -0.15) is 5.10 Å². The summed E-state index contributed by atoms with van der Waals surface area (Å²) in [5.74, 6) is 0.123. The first kappa shape index (κ1) is 14.1. The van der Waals surface area contributed by atoms with E-state index in [1.165, 1.54) is 0 Å². The summed E-state index contributed by atoms with van der Waals surface area (Å²) in [5.41, 5.74) is 1.86. The fourth-order valence-electron chi connectivity index (χ4n) is 3.56. The highest BCUT2D eigenvalue weighted by molar-refractivity contribution is 5.99. The first-order chi connectivity index (χ1) is 11.2. The largest absolute Gasteiger partial charge is 0.340 e. The molecule has 4 rings (SSSR count). The topological polar surface area (TPSA) is 43.1 Å². The van der Waals surface area contributed by atoms with E-state index in [1.54, 1.807) is 6.20 Å². The fraction of sp³-hybridized carbons (Fsp3) is 0.333. The van der Waals surface area contributed by atoms with E-state index >= 15 is 0 Å². The Bertz CT molecular complexity index is 834. The number of hydrogen-bond acceptors (Lipinski definition) is 2. The highest BCUT2D eigenvalue weighted by Crippen LogP contribution is 2.24. The maximum absolute atomic E-state index is 13.1. The van der Waals surface area contributed by atoms with Gasteiger partial charge < -0.3 is 9.47 Å². The van der Waals surface area contributed by atoms with E-state index in [1.807, 2.05) is 51.7 Å². The first-order valence-electron chi connectivity index (χ1n) is 8.07. The van der Waals surface area contributed by atoms with Crippen LogP contribution >= 0.6 is 0 Å². The lowest BCUT2D eigenvalue weighted by molar-refractivity contribution is 0.0712. The van der Waals surface area contributed by atoms with E-state index in [-0.39, 0.29) is 11.9 Å². The average molecular weight is 308 g/mol. The van der Waals surface area contributed by atoms with Crippen LogP contribution in [0.2, 0.25) is 0 Å². The third-order valence-corrected chi connectivity index (χ3v) is 4.77. The van der Waals surface area contributed by atoms with Gasteiger partial charge in [0.25, 0.3) is 5.91 Å². The number of likely N-dealkylation sites (tertiary alicyclic amines) is 1. The van der Waals surface area contributed by atoms with Crippen molar-refractivity contribution in [2.75, 3.05) is 6.54 Å². The molecule has 1 aliphatic rings. The minimum absolute atomic E-state index is 0.123. The highest BCUT2D eigenvalue weighted by Gasteiger charge is 2.31. The number of para-hydroxylation sites is 1. The Morgan fingerprint density at radius 2 is 2.17 bits per heavy atom. The minimum atomic E-state index is 0.123. The second-order valence-electron chi connectivity index (χ2n) is 6.17. The molecule has 1 amide bonds. The smallest absolute Gasteiger partial charge is 0.270 e. The zero-order valence-electron chi connectivity index (χ0n) is 13.2. The summed E-state index contributed by atoms with van der Waals surface area (Å²) < 4.78 is 3.92. The lowest BCUT2D eigenvalue weighted by Crippen LogP contribution is -2.38. The molecule has 1 aromatic carbocycles. The predicted octanol–water partition coefficient (Wildman–Crippen LogP) is 2.68. The van der Waals surface area contributed by atoms with E-state index in [2.05, 4.69) is 17.2 Å². The van der Waals surface area contributed by atoms with Crippen molar-refractivity contribution in [1.82, 2.24) is 19.2 Å². The van der Waals surface area contributed by atoms with Gasteiger partial charge in [0, 0.05) is 36.9 Å². The Balaban J connectivity index is 1.63. The Kier molecular flexibility index (Phi) is 3.41. The monoisotopic (exact) mass is 308 g/mol. The number of aryl methyl sites for hydroxylation is 1. The van der Waals surface area contributed by atoms with E-state index in [9.17, 15) is 4.79 Å². The molecule has 0 spiro atoms. The summed E-state index contributed by atoms with van der Waals surface area (Å²) in [4.78, 5) is 15.1. The third kappa shape index (κ3) is 2.42. The molecule has 5 heteroatoms. The van der Waals surface area contributed by atoms with Crippen LogP contribution < -0.4 is 0 Å². The van der Waals surface area contributed by atoms with Gasteiger partial charge in [0.15, 0.2) is 0 Å². The Morgan fingerprint density at radius 3 is 2.96 bits per heavy atom. The van der Waals surface area contributed by atoms with Gasteiger partial charge in [-0.15, -0.1) is 0 Å². The number of amides is 1. The first-order valence-corrected chi connectivity index (χ1v) is 8.07. The van der Waals surface area contributed by atoms with Crippen molar-refractivity contribution in [2.45, 2.75) is 25.4 Å². The summed E-state index contributed by atoms with van der Waals surface area (Å²) in [5, 5.41) is 5.38. The van der Waals surface area contributed by atoms with Crippen LogP contribution in [0, 0.1) is 0 Å². The van der Waals surface area contributed by atoms with E-state index in [0.29, 0.717) is 0 Å². The van der Waals surface area contributed by atoms with Crippen molar-refractivity contribution in [3.8, 4) is 0 Å². The maximum Gasteiger partial charge on any atom is 0.270 e. The Morgan fingerprint density at radius 1 is 1.30 bits per heavy atom. The zero-order valence-corrected chi connectivity index (χ0v) is 13.2. The molecule has 0 N–H and O–H groups in total. The van der Waals surface area contributed by atoms with Crippen LogP contribution in [0.4, 0.5) is 0 Å². The van der Waals surface area contributed by atoms with Gasteiger partial charge in [0.2, 0.25) is 0 Å².